The second-order valence-corrected chi connectivity index (χ2v) is 5.47. The van der Waals surface area contributed by atoms with E-state index in [4.69, 9.17) is 22.1 Å². The van der Waals surface area contributed by atoms with Crippen LogP contribution < -0.4 is 10.5 Å². The highest BCUT2D eigenvalue weighted by Gasteiger charge is 2.30. The van der Waals surface area contributed by atoms with E-state index in [1.54, 1.807) is 24.3 Å². The third-order valence-electron chi connectivity index (χ3n) is 3.51. The first-order chi connectivity index (χ1) is 11.4. The average Bonchev–Trinajstić information content (AvgIpc) is 2.55. The highest BCUT2D eigenvalue weighted by atomic mass is 35.5. The molecule has 1 heterocycles. The maximum atomic E-state index is 12.6. The number of fused-ring (bicyclic) bond motifs is 1. The third-order valence-corrected chi connectivity index (χ3v) is 3.72. The third kappa shape index (κ3) is 3.29. The minimum absolute atomic E-state index is 0.270. The topological polar surface area (TPSA) is 48.1 Å². The van der Waals surface area contributed by atoms with E-state index < -0.39 is 11.7 Å². The zero-order valence-electron chi connectivity index (χ0n) is 12.3. The molecule has 3 rings (SSSR count). The van der Waals surface area contributed by atoms with Gasteiger partial charge in [-0.05, 0) is 48.0 Å². The van der Waals surface area contributed by atoms with Crippen molar-refractivity contribution in [2.45, 2.75) is 12.7 Å². The number of nitrogens with zero attached hydrogens (tertiary/aromatic N) is 1. The van der Waals surface area contributed by atoms with Crippen LogP contribution in [0.25, 0.3) is 10.9 Å². The molecule has 7 heteroatoms. The van der Waals surface area contributed by atoms with Gasteiger partial charge in [0.15, 0.2) is 5.75 Å². The predicted octanol–water partition coefficient (Wildman–Crippen LogP) is 5.16. The lowest BCUT2D eigenvalue weighted by atomic mass is 10.1. The van der Waals surface area contributed by atoms with Crippen LogP contribution in [0.2, 0.25) is 5.15 Å². The summed E-state index contributed by atoms with van der Waals surface area (Å²) in [5, 5.41) is 1.07. The number of hydrogen-bond donors (Lipinski definition) is 1. The van der Waals surface area contributed by atoms with Crippen molar-refractivity contribution in [3.05, 3.63) is 64.8 Å². The number of benzene rings is 2. The zero-order chi connectivity index (χ0) is 17.3. The minimum Gasteiger partial charge on any atom is -0.455 e. The van der Waals surface area contributed by atoms with Crippen LogP contribution in [-0.2, 0) is 12.7 Å². The van der Waals surface area contributed by atoms with Gasteiger partial charge in [-0.2, -0.15) is 13.2 Å². The molecule has 0 aliphatic carbocycles. The predicted molar refractivity (Wildman–Crippen MR) is 86.2 cm³/mol. The fraction of sp³-hybridized carbons (Fsp3) is 0.118. The van der Waals surface area contributed by atoms with Crippen molar-refractivity contribution in [2.75, 3.05) is 0 Å². The maximum absolute atomic E-state index is 12.6. The van der Waals surface area contributed by atoms with Gasteiger partial charge in [0, 0.05) is 11.9 Å². The van der Waals surface area contributed by atoms with Gasteiger partial charge in [-0.25, -0.2) is 4.98 Å². The molecule has 0 aliphatic rings. The monoisotopic (exact) mass is 352 g/mol. The highest BCUT2D eigenvalue weighted by molar-refractivity contribution is 6.29. The summed E-state index contributed by atoms with van der Waals surface area (Å²) < 4.78 is 43.5. The normalized spacial score (nSPS) is 11.7. The summed E-state index contributed by atoms with van der Waals surface area (Å²) in [5.41, 5.74) is 6.34. The smallest absolute Gasteiger partial charge is 0.416 e. The lowest BCUT2D eigenvalue weighted by Gasteiger charge is -2.12. The Balaban J connectivity index is 2.00. The van der Waals surface area contributed by atoms with E-state index in [0.29, 0.717) is 17.8 Å². The van der Waals surface area contributed by atoms with Crippen LogP contribution in [-0.4, -0.2) is 4.98 Å². The molecule has 0 saturated carbocycles. The molecule has 24 heavy (non-hydrogen) atoms. The first kappa shape index (κ1) is 16.5. The fourth-order valence-corrected chi connectivity index (χ4v) is 2.47. The van der Waals surface area contributed by atoms with Crippen LogP contribution in [0.5, 0.6) is 11.5 Å². The average molecular weight is 353 g/mol. The minimum atomic E-state index is -4.39. The van der Waals surface area contributed by atoms with Crippen LogP contribution in [0.4, 0.5) is 13.2 Å². The van der Waals surface area contributed by atoms with E-state index in [-0.39, 0.29) is 10.9 Å². The molecule has 0 aliphatic heterocycles. The number of pyridine rings is 1. The Labute approximate surface area is 140 Å². The van der Waals surface area contributed by atoms with Crippen molar-refractivity contribution in [3.63, 3.8) is 0 Å². The molecule has 2 N–H and O–H groups in total. The highest BCUT2D eigenvalue weighted by Crippen LogP contribution is 2.34. The summed E-state index contributed by atoms with van der Waals surface area (Å²) in [6, 6.07) is 11.3. The molecule has 2 aromatic carbocycles. The van der Waals surface area contributed by atoms with Crippen molar-refractivity contribution < 1.29 is 17.9 Å². The Bertz CT molecular complexity index is 879. The molecular formula is C17H12ClF3N2O. The first-order valence-corrected chi connectivity index (χ1v) is 7.39. The molecule has 0 spiro atoms. The number of halogens is 4. The molecular weight excluding hydrogens is 341 g/mol. The van der Waals surface area contributed by atoms with E-state index in [9.17, 15) is 13.2 Å². The number of aromatic nitrogens is 1. The molecule has 0 unspecified atom stereocenters. The number of rotatable bonds is 3. The Kier molecular flexibility index (Phi) is 4.34. The molecule has 124 valence electrons. The standard InChI is InChI=1S/C17H12ClF3N2O/c18-15-8-6-13-10(9-22)1-7-14(16(13)23-15)24-12-4-2-11(3-5-12)17(19,20)21/h1-8H,9,22H2. The van der Waals surface area contributed by atoms with Crippen molar-refractivity contribution in [1.82, 2.24) is 4.98 Å². The molecule has 3 aromatic rings. The van der Waals surface area contributed by atoms with Gasteiger partial charge in [0.1, 0.15) is 16.4 Å². The molecule has 1 aromatic heterocycles. The van der Waals surface area contributed by atoms with E-state index in [1.807, 2.05) is 0 Å². The van der Waals surface area contributed by atoms with Gasteiger partial charge in [0.25, 0.3) is 0 Å². The molecule has 0 saturated heterocycles. The van der Waals surface area contributed by atoms with Crippen molar-refractivity contribution in [1.29, 1.82) is 0 Å². The van der Waals surface area contributed by atoms with Crippen LogP contribution in [0.3, 0.4) is 0 Å². The second-order valence-electron chi connectivity index (χ2n) is 5.08. The van der Waals surface area contributed by atoms with Crippen LogP contribution >= 0.6 is 11.6 Å². The number of nitrogens with two attached hydrogens (primary N) is 1. The summed E-state index contributed by atoms with van der Waals surface area (Å²) in [6.07, 6.45) is -4.39. The summed E-state index contributed by atoms with van der Waals surface area (Å²) >= 11 is 5.94. The SMILES string of the molecule is NCc1ccc(Oc2ccc(C(F)(F)F)cc2)c2nc(Cl)ccc12. The number of alkyl halides is 3. The first-order valence-electron chi connectivity index (χ1n) is 7.02. The van der Waals surface area contributed by atoms with E-state index in [2.05, 4.69) is 4.98 Å². The summed E-state index contributed by atoms with van der Waals surface area (Å²) in [5.74, 6) is 0.663. The molecule has 3 nitrogen and oxygen atoms in total. The molecule has 0 amide bonds. The number of hydrogen-bond acceptors (Lipinski definition) is 3. The fourth-order valence-electron chi connectivity index (χ4n) is 2.33. The Morgan fingerprint density at radius 3 is 2.33 bits per heavy atom. The Morgan fingerprint density at radius 1 is 1.00 bits per heavy atom. The quantitative estimate of drug-likeness (QED) is 0.662. The van der Waals surface area contributed by atoms with Gasteiger partial charge in [-0.15, -0.1) is 0 Å². The second kappa shape index (κ2) is 6.30. The summed E-state index contributed by atoms with van der Waals surface area (Å²) in [7, 11) is 0. The zero-order valence-corrected chi connectivity index (χ0v) is 13.0. The molecule has 0 atom stereocenters. The van der Waals surface area contributed by atoms with E-state index >= 15 is 0 Å². The largest absolute Gasteiger partial charge is 0.455 e. The van der Waals surface area contributed by atoms with E-state index in [1.165, 1.54) is 12.1 Å². The van der Waals surface area contributed by atoms with Crippen LogP contribution in [0.1, 0.15) is 11.1 Å². The molecule has 0 bridgehead atoms. The lowest BCUT2D eigenvalue weighted by molar-refractivity contribution is -0.137. The summed E-state index contributed by atoms with van der Waals surface area (Å²) in [6.45, 7) is 0.320. The van der Waals surface area contributed by atoms with E-state index in [0.717, 1.165) is 23.1 Å². The van der Waals surface area contributed by atoms with Gasteiger partial charge >= 0.3 is 6.18 Å². The van der Waals surface area contributed by atoms with Crippen LogP contribution in [0, 0.1) is 0 Å². The van der Waals surface area contributed by atoms with Crippen molar-refractivity contribution in [3.8, 4) is 11.5 Å². The van der Waals surface area contributed by atoms with Crippen LogP contribution in [0.15, 0.2) is 48.5 Å². The molecule has 0 radical (unpaired) electrons. The molecule has 0 fully saturated rings. The number of ether oxygens (including phenoxy) is 1. The van der Waals surface area contributed by atoms with Crippen molar-refractivity contribution >= 4 is 22.5 Å². The Morgan fingerprint density at radius 2 is 1.71 bits per heavy atom. The van der Waals surface area contributed by atoms with Gasteiger partial charge in [0.2, 0.25) is 0 Å². The van der Waals surface area contributed by atoms with Gasteiger partial charge < -0.3 is 10.5 Å². The maximum Gasteiger partial charge on any atom is 0.416 e. The summed E-state index contributed by atoms with van der Waals surface area (Å²) in [4.78, 5) is 4.24. The van der Waals surface area contributed by atoms with Gasteiger partial charge in [0.05, 0.1) is 5.56 Å². The van der Waals surface area contributed by atoms with Gasteiger partial charge in [-0.1, -0.05) is 17.7 Å². The van der Waals surface area contributed by atoms with Gasteiger partial charge in [-0.3, -0.25) is 0 Å². The Hall–Kier alpha value is -2.31. The lowest BCUT2D eigenvalue weighted by Crippen LogP contribution is -2.04. The van der Waals surface area contributed by atoms with Crippen molar-refractivity contribution in [2.24, 2.45) is 5.73 Å².